The molecule has 2 aromatic carbocycles. The van der Waals surface area contributed by atoms with Crippen LogP contribution in [0.3, 0.4) is 0 Å². The zero-order valence-electron chi connectivity index (χ0n) is 12.6. The topological polar surface area (TPSA) is 68.0 Å². The van der Waals surface area contributed by atoms with Gasteiger partial charge in [0.1, 0.15) is 5.82 Å². The second-order valence-corrected chi connectivity index (χ2v) is 5.15. The van der Waals surface area contributed by atoms with Crippen LogP contribution in [0.2, 0.25) is 0 Å². The molecule has 1 heterocycles. The van der Waals surface area contributed by atoms with Gasteiger partial charge in [0.2, 0.25) is 0 Å². The smallest absolute Gasteiger partial charge is 0.313 e. The standard InChI is InChI=1S/C17H14FN3O2/c1-10-7-8-12(9-11(10)2)19-15(22)17-21-20-16(23-17)13-5-3-4-6-14(13)18/h3-9H,1-2H3,(H,19,22). The molecule has 0 fully saturated rings. The average Bonchev–Trinajstić information content (AvgIpc) is 3.01. The number of hydrogen-bond donors (Lipinski definition) is 1. The normalized spacial score (nSPS) is 10.6. The van der Waals surface area contributed by atoms with Crippen molar-refractivity contribution in [3.8, 4) is 11.5 Å². The van der Waals surface area contributed by atoms with E-state index in [1.165, 1.54) is 12.1 Å². The summed E-state index contributed by atoms with van der Waals surface area (Å²) in [5.41, 5.74) is 2.97. The molecule has 0 atom stereocenters. The SMILES string of the molecule is Cc1ccc(NC(=O)c2nnc(-c3ccccc3F)o2)cc1C. The first-order chi connectivity index (χ1) is 11.0. The molecule has 0 saturated heterocycles. The Hall–Kier alpha value is -3.02. The van der Waals surface area contributed by atoms with Crippen LogP contribution in [-0.4, -0.2) is 16.1 Å². The number of rotatable bonds is 3. The third kappa shape index (κ3) is 3.11. The van der Waals surface area contributed by atoms with E-state index in [9.17, 15) is 9.18 Å². The van der Waals surface area contributed by atoms with Crippen molar-refractivity contribution in [2.45, 2.75) is 13.8 Å². The maximum absolute atomic E-state index is 13.7. The van der Waals surface area contributed by atoms with E-state index in [1.807, 2.05) is 26.0 Å². The Labute approximate surface area is 132 Å². The van der Waals surface area contributed by atoms with Crippen LogP contribution in [0.1, 0.15) is 21.8 Å². The van der Waals surface area contributed by atoms with Gasteiger partial charge in [-0.1, -0.05) is 18.2 Å². The summed E-state index contributed by atoms with van der Waals surface area (Å²) >= 11 is 0. The summed E-state index contributed by atoms with van der Waals surface area (Å²) < 4.78 is 19.0. The first-order valence-corrected chi connectivity index (χ1v) is 7.01. The second-order valence-electron chi connectivity index (χ2n) is 5.15. The number of carbonyl (C=O) groups is 1. The summed E-state index contributed by atoms with van der Waals surface area (Å²) in [5.74, 6) is -1.28. The number of anilines is 1. The van der Waals surface area contributed by atoms with E-state index >= 15 is 0 Å². The van der Waals surface area contributed by atoms with E-state index in [-0.39, 0.29) is 17.3 Å². The predicted molar refractivity (Wildman–Crippen MR) is 83.6 cm³/mol. The number of carbonyl (C=O) groups excluding carboxylic acids is 1. The highest BCUT2D eigenvalue weighted by atomic mass is 19.1. The molecule has 0 radical (unpaired) electrons. The number of halogens is 1. The molecule has 0 unspecified atom stereocenters. The van der Waals surface area contributed by atoms with Crippen molar-refractivity contribution in [3.63, 3.8) is 0 Å². The molecule has 0 bridgehead atoms. The molecule has 5 nitrogen and oxygen atoms in total. The summed E-state index contributed by atoms with van der Waals surface area (Å²) in [7, 11) is 0. The Balaban J connectivity index is 1.81. The Morgan fingerprint density at radius 2 is 1.87 bits per heavy atom. The molecule has 6 heteroatoms. The molecule has 0 aliphatic carbocycles. The lowest BCUT2D eigenvalue weighted by molar-refractivity contribution is 0.0991. The van der Waals surface area contributed by atoms with E-state index in [2.05, 4.69) is 15.5 Å². The highest BCUT2D eigenvalue weighted by Gasteiger charge is 2.18. The van der Waals surface area contributed by atoms with Crippen molar-refractivity contribution < 1.29 is 13.6 Å². The van der Waals surface area contributed by atoms with Gasteiger partial charge in [0, 0.05) is 5.69 Å². The van der Waals surface area contributed by atoms with Crippen LogP contribution in [0.25, 0.3) is 11.5 Å². The van der Waals surface area contributed by atoms with Crippen LogP contribution < -0.4 is 5.32 Å². The van der Waals surface area contributed by atoms with Gasteiger partial charge in [0.15, 0.2) is 0 Å². The lowest BCUT2D eigenvalue weighted by Crippen LogP contribution is -2.12. The largest absolute Gasteiger partial charge is 0.412 e. The molecule has 3 rings (SSSR count). The van der Waals surface area contributed by atoms with Crippen LogP contribution in [0.5, 0.6) is 0 Å². The van der Waals surface area contributed by atoms with Gasteiger partial charge < -0.3 is 9.73 Å². The van der Waals surface area contributed by atoms with Gasteiger partial charge in [-0.05, 0) is 49.2 Å². The predicted octanol–water partition coefficient (Wildman–Crippen LogP) is 3.74. The highest BCUT2D eigenvalue weighted by molar-refractivity contribution is 6.01. The van der Waals surface area contributed by atoms with Crippen molar-refractivity contribution in [3.05, 3.63) is 65.3 Å². The van der Waals surface area contributed by atoms with Crippen LogP contribution in [0, 0.1) is 19.7 Å². The van der Waals surface area contributed by atoms with Gasteiger partial charge in [0.05, 0.1) is 5.56 Å². The van der Waals surface area contributed by atoms with E-state index < -0.39 is 11.7 Å². The zero-order chi connectivity index (χ0) is 16.4. The summed E-state index contributed by atoms with van der Waals surface area (Å²) in [6.07, 6.45) is 0. The number of aryl methyl sites for hydroxylation is 2. The van der Waals surface area contributed by atoms with Gasteiger partial charge in [-0.15, -0.1) is 10.2 Å². The lowest BCUT2D eigenvalue weighted by atomic mass is 10.1. The van der Waals surface area contributed by atoms with Crippen LogP contribution in [-0.2, 0) is 0 Å². The summed E-state index contributed by atoms with van der Waals surface area (Å²) in [6, 6.07) is 11.5. The number of nitrogens with one attached hydrogen (secondary N) is 1. The van der Waals surface area contributed by atoms with E-state index in [0.29, 0.717) is 5.69 Å². The Kier molecular flexibility index (Phi) is 3.89. The minimum atomic E-state index is -0.539. The molecule has 116 valence electrons. The molecule has 0 spiro atoms. The van der Waals surface area contributed by atoms with E-state index in [4.69, 9.17) is 4.42 Å². The fraction of sp³-hybridized carbons (Fsp3) is 0.118. The second kappa shape index (κ2) is 6.00. The summed E-state index contributed by atoms with van der Waals surface area (Å²) in [5, 5.41) is 10.1. The third-order valence-corrected chi connectivity index (χ3v) is 3.49. The van der Waals surface area contributed by atoms with Gasteiger partial charge in [-0.25, -0.2) is 4.39 Å². The fourth-order valence-electron chi connectivity index (χ4n) is 2.06. The van der Waals surface area contributed by atoms with Gasteiger partial charge in [-0.2, -0.15) is 0 Å². The molecule has 1 aromatic heterocycles. The Morgan fingerprint density at radius 3 is 2.61 bits per heavy atom. The van der Waals surface area contributed by atoms with Crippen molar-refractivity contribution in [1.29, 1.82) is 0 Å². The van der Waals surface area contributed by atoms with Crippen molar-refractivity contribution in [1.82, 2.24) is 10.2 Å². The number of hydrogen-bond acceptors (Lipinski definition) is 4. The third-order valence-electron chi connectivity index (χ3n) is 3.49. The molecule has 1 amide bonds. The molecule has 0 aliphatic rings. The average molecular weight is 311 g/mol. The molecule has 23 heavy (non-hydrogen) atoms. The molecular weight excluding hydrogens is 297 g/mol. The molecule has 3 aromatic rings. The fourth-order valence-corrected chi connectivity index (χ4v) is 2.06. The van der Waals surface area contributed by atoms with Crippen LogP contribution >= 0.6 is 0 Å². The van der Waals surface area contributed by atoms with Crippen molar-refractivity contribution >= 4 is 11.6 Å². The van der Waals surface area contributed by atoms with E-state index in [0.717, 1.165) is 11.1 Å². The summed E-state index contributed by atoms with van der Waals surface area (Å²) in [6.45, 7) is 3.94. The Bertz CT molecular complexity index is 874. The zero-order valence-corrected chi connectivity index (χ0v) is 12.6. The highest BCUT2D eigenvalue weighted by Crippen LogP contribution is 2.21. The number of aromatic nitrogens is 2. The Morgan fingerprint density at radius 1 is 1.09 bits per heavy atom. The minimum absolute atomic E-state index is 0.0339. The molecule has 0 saturated carbocycles. The maximum atomic E-state index is 13.7. The van der Waals surface area contributed by atoms with Crippen LogP contribution in [0.4, 0.5) is 10.1 Å². The molecule has 0 aliphatic heterocycles. The maximum Gasteiger partial charge on any atom is 0.313 e. The molecule has 1 N–H and O–H groups in total. The quantitative estimate of drug-likeness (QED) is 0.800. The first kappa shape index (κ1) is 14.9. The van der Waals surface area contributed by atoms with E-state index in [1.54, 1.807) is 18.2 Å². The molecular formula is C17H14FN3O2. The van der Waals surface area contributed by atoms with Crippen molar-refractivity contribution in [2.75, 3.05) is 5.32 Å². The number of amides is 1. The minimum Gasteiger partial charge on any atom is -0.412 e. The van der Waals surface area contributed by atoms with Crippen LogP contribution in [0.15, 0.2) is 46.9 Å². The number of benzene rings is 2. The van der Waals surface area contributed by atoms with Gasteiger partial charge in [-0.3, -0.25) is 4.79 Å². The van der Waals surface area contributed by atoms with Gasteiger partial charge >= 0.3 is 11.8 Å². The number of nitrogens with zero attached hydrogens (tertiary/aromatic N) is 2. The first-order valence-electron chi connectivity index (χ1n) is 7.01. The van der Waals surface area contributed by atoms with Gasteiger partial charge in [0.25, 0.3) is 5.89 Å². The summed E-state index contributed by atoms with van der Waals surface area (Å²) in [4.78, 5) is 12.1. The lowest BCUT2D eigenvalue weighted by Gasteiger charge is -2.05. The van der Waals surface area contributed by atoms with Crippen molar-refractivity contribution in [2.24, 2.45) is 0 Å². The monoisotopic (exact) mass is 311 g/mol.